The van der Waals surface area contributed by atoms with Crippen molar-refractivity contribution in [2.24, 2.45) is 5.41 Å². The van der Waals surface area contributed by atoms with Crippen molar-refractivity contribution in [3.05, 3.63) is 83.5 Å². The summed E-state index contributed by atoms with van der Waals surface area (Å²) in [6.07, 6.45) is 2.71. The normalized spacial score (nSPS) is 21.8. The third kappa shape index (κ3) is 7.63. The first-order valence-corrected chi connectivity index (χ1v) is 17.4. The second kappa shape index (κ2) is 15.4. The average molecular weight is 683 g/mol. The summed E-state index contributed by atoms with van der Waals surface area (Å²) in [6.45, 7) is 3.16. The van der Waals surface area contributed by atoms with E-state index in [9.17, 15) is 22.4 Å². The van der Waals surface area contributed by atoms with Crippen molar-refractivity contribution in [1.82, 2.24) is 14.9 Å². The maximum Gasteiger partial charge on any atom is 0.407 e. The molecule has 2 aromatic rings. The molecular formula is C35H40F2N4O6S. The lowest BCUT2D eigenvalue weighted by Gasteiger charge is -2.44. The molecule has 3 aliphatic rings. The Balaban J connectivity index is 1.44. The van der Waals surface area contributed by atoms with Crippen molar-refractivity contribution in [3.63, 3.8) is 0 Å². The van der Waals surface area contributed by atoms with Gasteiger partial charge >= 0.3 is 6.09 Å². The number of sulfonamides is 1. The van der Waals surface area contributed by atoms with Gasteiger partial charge in [0.15, 0.2) is 0 Å². The Kier molecular flexibility index (Phi) is 11.3. The van der Waals surface area contributed by atoms with Gasteiger partial charge in [0, 0.05) is 67.5 Å². The Labute approximate surface area is 280 Å². The minimum absolute atomic E-state index is 0.104. The predicted molar refractivity (Wildman–Crippen MR) is 176 cm³/mol. The number of hydrogen-bond donors (Lipinski definition) is 3. The number of alkyl carbamates (subject to hydrolysis) is 1. The molecule has 3 atom stereocenters. The van der Waals surface area contributed by atoms with E-state index >= 15 is 4.39 Å². The minimum Gasteiger partial charge on any atom is -0.453 e. The average Bonchev–Trinajstić information content (AvgIpc) is 3.32. The summed E-state index contributed by atoms with van der Waals surface area (Å²) in [5, 5.41) is 8.76. The van der Waals surface area contributed by atoms with Crippen LogP contribution >= 0.6 is 0 Å². The molecule has 0 spiro atoms. The summed E-state index contributed by atoms with van der Waals surface area (Å²) >= 11 is 0. The third-order valence-electron chi connectivity index (χ3n) is 9.23. The van der Waals surface area contributed by atoms with E-state index in [0.717, 1.165) is 6.08 Å². The molecule has 5 rings (SSSR count). The Bertz CT molecular complexity index is 1730. The Morgan fingerprint density at radius 3 is 2.60 bits per heavy atom. The molecule has 2 aromatic carbocycles. The van der Waals surface area contributed by atoms with Crippen LogP contribution in [0.5, 0.6) is 0 Å². The van der Waals surface area contributed by atoms with Crippen LogP contribution in [0.15, 0.2) is 77.0 Å². The van der Waals surface area contributed by atoms with Gasteiger partial charge in [0.05, 0.1) is 12.0 Å². The first-order chi connectivity index (χ1) is 23.1. The molecule has 2 heterocycles. The molecule has 256 valence electrons. The molecule has 48 heavy (non-hydrogen) atoms. The monoisotopic (exact) mass is 682 g/mol. The van der Waals surface area contributed by atoms with E-state index in [4.69, 9.17) is 9.47 Å². The van der Waals surface area contributed by atoms with Gasteiger partial charge in [-0.3, -0.25) is 4.79 Å². The highest BCUT2D eigenvalue weighted by Crippen LogP contribution is 2.44. The quantitative estimate of drug-likeness (QED) is 0.316. The van der Waals surface area contributed by atoms with E-state index in [1.807, 2.05) is 6.92 Å². The topological polar surface area (TPSA) is 126 Å². The second-order valence-electron chi connectivity index (χ2n) is 12.1. The van der Waals surface area contributed by atoms with E-state index < -0.39 is 51.2 Å². The maximum atomic E-state index is 15.5. The maximum absolute atomic E-state index is 15.5. The molecule has 2 saturated heterocycles. The molecule has 0 aromatic heterocycles. The van der Waals surface area contributed by atoms with Crippen molar-refractivity contribution >= 4 is 27.7 Å². The van der Waals surface area contributed by atoms with E-state index in [1.165, 1.54) is 29.6 Å². The fourth-order valence-corrected chi connectivity index (χ4v) is 8.69. The van der Waals surface area contributed by atoms with Crippen LogP contribution in [0, 0.1) is 23.1 Å². The number of benzene rings is 2. The molecule has 1 aliphatic carbocycles. The van der Waals surface area contributed by atoms with E-state index in [-0.39, 0.29) is 67.5 Å². The summed E-state index contributed by atoms with van der Waals surface area (Å²) in [6, 6.07) is 10.4. The molecule has 10 nitrogen and oxygen atoms in total. The van der Waals surface area contributed by atoms with Crippen LogP contribution in [0.3, 0.4) is 0 Å². The van der Waals surface area contributed by atoms with E-state index in [1.54, 1.807) is 36.4 Å². The van der Waals surface area contributed by atoms with Crippen LogP contribution in [-0.2, 0) is 30.7 Å². The largest absolute Gasteiger partial charge is 0.453 e. The van der Waals surface area contributed by atoms with Crippen molar-refractivity contribution < 1.29 is 36.3 Å². The molecule has 2 aliphatic heterocycles. The van der Waals surface area contributed by atoms with Gasteiger partial charge in [-0.25, -0.2) is 22.0 Å². The lowest BCUT2D eigenvalue weighted by Crippen LogP contribution is -2.58. The van der Waals surface area contributed by atoms with Crippen LogP contribution in [0.1, 0.15) is 38.2 Å². The Morgan fingerprint density at radius 1 is 1.12 bits per heavy atom. The standard InChI is InChI=1S/C35H40F2N4O6S/c1-24-22-38-23-27(41(24)48(44,45)28-11-4-3-5-12-28)15-16-29-30(37)13-8-14-31(29)39-33(42)32(40-34(43)46-2)35(17-19-47-20-18-35)25-9-6-7-10-26(36)21-25/h3-5,8,10-14,21,24,27,32,38H,9,15-20,22-23H2,1-2H3,(H,39,42)(H,40,43)/t24-,27-,32+/m0/s1. The second-order valence-corrected chi connectivity index (χ2v) is 14.0. The number of allylic oxidation sites excluding steroid dienone is 3. The highest BCUT2D eigenvalue weighted by Gasteiger charge is 2.48. The summed E-state index contributed by atoms with van der Waals surface area (Å²) in [7, 11) is -2.67. The highest BCUT2D eigenvalue weighted by atomic mass is 32.2. The molecule has 0 radical (unpaired) electrons. The number of carbonyl (C=O) groups is 2. The van der Waals surface area contributed by atoms with Crippen molar-refractivity contribution in [2.45, 2.75) is 62.0 Å². The van der Waals surface area contributed by atoms with Gasteiger partial charge < -0.3 is 25.4 Å². The first-order valence-electron chi connectivity index (χ1n) is 15.9. The lowest BCUT2D eigenvalue weighted by atomic mass is 9.66. The van der Waals surface area contributed by atoms with Gasteiger partial charge in [0.25, 0.3) is 0 Å². The zero-order valence-electron chi connectivity index (χ0n) is 26.9. The Morgan fingerprint density at radius 2 is 1.88 bits per heavy atom. The number of methoxy groups -OCH3 is 1. The predicted octanol–water partition coefficient (Wildman–Crippen LogP) is 4.46. The van der Waals surface area contributed by atoms with Gasteiger partial charge in [-0.2, -0.15) is 4.31 Å². The summed E-state index contributed by atoms with van der Waals surface area (Å²) in [5.74, 6) is 3.75. The Hall–Kier alpha value is -4.09. The van der Waals surface area contributed by atoms with Crippen molar-refractivity contribution in [2.75, 3.05) is 38.7 Å². The molecule has 0 bridgehead atoms. The number of halogens is 2. The number of rotatable bonds is 10. The van der Waals surface area contributed by atoms with Gasteiger partial charge in [-0.1, -0.05) is 36.1 Å². The van der Waals surface area contributed by atoms with Gasteiger partial charge in [-0.15, -0.1) is 0 Å². The minimum atomic E-state index is -3.84. The molecule has 13 heteroatoms. The molecule has 3 N–H and O–H groups in total. The number of nitrogens with zero attached hydrogens (tertiary/aromatic N) is 1. The highest BCUT2D eigenvalue weighted by molar-refractivity contribution is 7.89. The van der Waals surface area contributed by atoms with Crippen molar-refractivity contribution in [1.29, 1.82) is 0 Å². The third-order valence-corrected chi connectivity index (χ3v) is 11.3. The zero-order chi connectivity index (χ0) is 34.3. The van der Waals surface area contributed by atoms with E-state index in [2.05, 4.69) is 27.8 Å². The van der Waals surface area contributed by atoms with Gasteiger partial charge in [0.2, 0.25) is 15.9 Å². The van der Waals surface area contributed by atoms with Gasteiger partial charge in [0.1, 0.15) is 17.7 Å². The first kappa shape index (κ1) is 35.2. The van der Waals surface area contributed by atoms with Crippen LogP contribution in [0.2, 0.25) is 0 Å². The van der Waals surface area contributed by atoms with Crippen LogP contribution in [-0.4, -0.2) is 76.3 Å². The number of piperazine rings is 1. The van der Waals surface area contributed by atoms with E-state index in [0.29, 0.717) is 18.7 Å². The fourth-order valence-electron chi connectivity index (χ4n) is 6.83. The number of amides is 2. The molecular weight excluding hydrogens is 642 g/mol. The number of anilines is 1. The summed E-state index contributed by atoms with van der Waals surface area (Å²) in [5.41, 5.74) is -0.190. The SMILES string of the molecule is COC(=O)N[C@H](C(=O)Nc1cccc(F)c1CC[C@H]1CNC[C@H](C)N1S(=O)(=O)c1ccccc1)C1(C2=CC(F)=CC#CC2)CCOCC1. The summed E-state index contributed by atoms with van der Waals surface area (Å²) < 4.78 is 69.6. The number of hydrogen-bond acceptors (Lipinski definition) is 7. The lowest BCUT2D eigenvalue weighted by molar-refractivity contribution is -0.122. The smallest absolute Gasteiger partial charge is 0.407 e. The molecule has 2 amide bonds. The molecule has 0 saturated carbocycles. The fraction of sp³-hybridized carbons (Fsp3) is 0.429. The van der Waals surface area contributed by atoms with Crippen LogP contribution < -0.4 is 16.0 Å². The van der Waals surface area contributed by atoms with Gasteiger partial charge in [-0.05, 0) is 68.5 Å². The number of nitrogens with one attached hydrogen (secondary N) is 3. The number of carbonyl (C=O) groups excluding carboxylic acids is 2. The molecule has 0 unspecified atom stereocenters. The molecule has 2 fully saturated rings. The van der Waals surface area contributed by atoms with Crippen LogP contribution in [0.25, 0.3) is 0 Å². The van der Waals surface area contributed by atoms with Crippen LogP contribution in [0.4, 0.5) is 19.3 Å². The zero-order valence-corrected chi connectivity index (χ0v) is 27.7. The summed E-state index contributed by atoms with van der Waals surface area (Å²) in [4.78, 5) is 27.0. The number of ether oxygens (including phenoxy) is 2. The van der Waals surface area contributed by atoms with Crippen molar-refractivity contribution in [3.8, 4) is 11.8 Å².